The van der Waals surface area contributed by atoms with Gasteiger partial charge in [-0.1, -0.05) is 13.8 Å². The number of aromatic hydroxyl groups is 1. The van der Waals surface area contributed by atoms with E-state index < -0.39 is 0 Å². The van der Waals surface area contributed by atoms with E-state index >= 15 is 0 Å². The van der Waals surface area contributed by atoms with E-state index in [0.29, 0.717) is 12.0 Å². The molecule has 0 fully saturated rings. The maximum atomic E-state index is 9.43. The number of aromatic amines is 1. The van der Waals surface area contributed by atoms with Crippen molar-refractivity contribution in [1.82, 2.24) is 9.97 Å². The van der Waals surface area contributed by atoms with Gasteiger partial charge in [-0.15, -0.1) is 0 Å². The summed E-state index contributed by atoms with van der Waals surface area (Å²) in [5.74, 6) is 0.990. The van der Waals surface area contributed by atoms with Crippen LogP contribution in [0.3, 0.4) is 0 Å². The minimum Gasteiger partial charge on any atom is -0.492 e. The van der Waals surface area contributed by atoms with Gasteiger partial charge in [-0.05, 0) is 19.8 Å². The lowest BCUT2D eigenvalue weighted by Crippen LogP contribution is -2.10. The van der Waals surface area contributed by atoms with Crippen LogP contribution in [-0.2, 0) is 0 Å². The third-order valence-corrected chi connectivity index (χ3v) is 1.71. The fraction of sp³-hybridized carbons (Fsp3) is 0.667. The summed E-state index contributed by atoms with van der Waals surface area (Å²) in [6.07, 6.45) is 0. The number of anilines is 1. The summed E-state index contributed by atoms with van der Waals surface area (Å²) in [5, 5.41) is 12.5. The quantitative estimate of drug-likeness (QED) is 0.672. The molecule has 0 spiro atoms. The fourth-order valence-electron chi connectivity index (χ4n) is 1.12. The second-order valence-corrected chi connectivity index (χ2v) is 3.78. The summed E-state index contributed by atoms with van der Waals surface area (Å²) >= 11 is 0. The highest BCUT2D eigenvalue weighted by Crippen LogP contribution is 2.24. The molecule has 74 valence electrons. The Morgan fingerprint density at radius 1 is 1.31 bits per heavy atom. The van der Waals surface area contributed by atoms with Crippen molar-refractivity contribution in [2.45, 2.75) is 39.7 Å². The van der Waals surface area contributed by atoms with Gasteiger partial charge in [0.15, 0.2) is 0 Å². The Bertz CT molecular complexity index is 278. The first-order chi connectivity index (χ1) is 6.00. The molecule has 4 nitrogen and oxygen atoms in total. The predicted molar refractivity (Wildman–Crippen MR) is 53.1 cm³/mol. The van der Waals surface area contributed by atoms with Crippen LogP contribution in [0.25, 0.3) is 0 Å². The summed E-state index contributed by atoms with van der Waals surface area (Å²) in [6.45, 7) is 8.06. The lowest BCUT2D eigenvalue weighted by atomic mass is 10.1. The smallest absolute Gasteiger partial charge is 0.234 e. The summed E-state index contributed by atoms with van der Waals surface area (Å²) in [7, 11) is 0. The summed E-state index contributed by atoms with van der Waals surface area (Å²) in [5.41, 5.74) is 0.781. The van der Waals surface area contributed by atoms with Crippen LogP contribution in [0, 0.1) is 0 Å². The van der Waals surface area contributed by atoms with E-state index in [1.54, 1.807) is 0 Å². The van der Waals surface area contributed by atoms with Gasteiger partial charge in [0.05, 0.1) is 5.69 Å². The van der Waals surface area contributed by atoms with E-state index in [1.807, 2.05) is 27.7 Å². The molecule has 0 aliphatic heterocycles. The zero-order chi connectivity index (χ0) is 10.0. The topological polar surface area (TPSA) is 60.9 Å². The van der Waals surface area contributed by atoms with Crippen molar-refractivity contribution in [3.05, 3.63) is 5.69 Å². The molecule has 0 aliphatic carbocycles. The van der Waals surface area contributed by atoms with E-state index in [-0.39, 0.29) is 11.8 Å². The number of nitrogens with zero attached hydrogens (tertiary/aromatic N) is 1. The van der Waals surface area contributed by atoms with Crippen molar-refractivity contribution in [2.24, 2.45) is 0 Å². The van der Waals surface area contributed by atoms with Gasteiger partial charge in [0.2, 0.25) is 11.8 Å². The monoisotopic (exact) mass is 183 g/mol. The standard InChI is InChI=1S/C9H17N3O/c1-5(2)7-8(13)12-9(11-7)10-6(3)4/h5-6,13H,1-4H3,(H2,10,11,12). The first-order valence-corrected chi connectivity index (χ1v) is 4.56. The average Bonchev–Trinajstić information content (AvgIpc) is 2.29. The lowest BCUT2D eigenvalue weighted by Gasteiger charge is -2.05. The Kier molecular flexibility index (Phi) is 2.80. The molecule has 0 saturated carbocycles. The van der Waals surface area contributed by atoms with Crippen LogP contribution in [0.15, 0.2) is 0 Å². The summed E-state index contributed by atoms with van der Waals surface area (Å²) in [6, 6.07) is 0.311. The number of hydrogen-bond acceptors (Lipinski definition) is 3. The number of nitrogens with one attached hydrogen (secondary N) is 2. The van der Waals surface area contributed by atoms with Gasteiger partial charge in [0, 0.05) is 6.04 Å². The summed E-state index contributed by atoms with van der Waals surface area (Å²) in [4.78, 5) is 7.00. The second-order valence-electron chi connectivity index (χ2n) is 3.78. The molecule has 0 unspecified atom stereocenters. The van der Waals surface area contributed by atoms with Crippen LogP contribution in [-0.4, -0.2) is 21.1 Å². The van der Waals surface area contributed by atoms with Gasteiger partial charge >= 0.3 is 0 Å². The van der Waals surface area contributed by atoms with Gasteiger partial charge in [-0.3, -0.25) is 0 Å². The highest BCUT2D eigenvalue weighted by Gasteiger charge is 2.11. The van der Waals surface area contributed by atoms with E-state index in [9.17, 15) is 5.11 Å². The van der Waals surface area contributed by atoms with Crippen LogP contribution in [0.5, 0.6) is 5.88 Å². The number of H-pyrrole nitrogens is 1. The molecule has 0 bridgehead atoms. The summed E-state index contributed by atoms with van der Waals surface area (Å²) < 4.78 is 0. The lowest BCUT2D eigenvalue weighted by molar-refractivity contribution is 0.446. The Hall–Kier alpha value is -1.19. The fourth-order valence-corrected chi connectivity index (χ4v) is 1.12. The number of rotatable bonds is 3. The van der Waals surface area contributed by atoms with Gasteiger partial charge in [0.25, 0.3) is 0 Å². The molecule has 0 atom stereocenters. The molecular formula is C9H17N3O. The molecule has 0 aromatic carbocycles. The maximum absolute atomic E-state index is 9.43. The molecule has 3 N–H and O–H groups in total. The predicted octanol–water partition coefficient (Wildman–Crippen LogP) is 2.06. The number of aromatic nitrogens is 2. The van der Waals surface area contributed by atoms with Crippen LogP contribution < -0.4 is 5.32 Å². The van der Waals surface area contributed by atoms with Crippen molar-refractivity contribution in [2.75, 3.05) is 5.32 Å². The molecule has 1 heterocycles. The first kappa shape index (κ1) is 9.89. The molecule has 0 radical (unpaired) electrons. The molecule has 0 amide bonds. The van der Waals surface area contributed by atoms with Crippen molar-refractivity contribution in [1.29, 1.82) is 0 Å². The highest BCUT2D eigenvalue weighted by molar-refractivity contribution is 5.36. The number of hydrogen-bond donors (Lipinski definition) is 3. The third kappa shape index (κ3) is 2.37. The molecule has 1 rings (SSSR count). The molecule has 4 heteroatoms. The van der Waals surface area contributed by atoms with E-state index in [0.717, 1.165) is 5.69 Å². The second kappa shape index (κ2) is 3.68. The molecule has 0 aliphatic rings. The normalized spacial score (nSPS) is 11.2. The average molecular weight is 183 g/mol. The zero-order valence-electron chi connectivity index (χ0n) is 8.55. The Balaban J connectivity index is 2.82. The Morgan fingerprint density at radius 2 is 1.92 bits per heavy atom. The number of imidazole rings is 1. The van der Waals surface area contributed by atoms with Gasteiger partial charge in [-0.25, -0.2) is 0 Å². The van der Waals surface area contributed by atoms with Crippen molar-refractivity contribution in [3.63, 3.8) is 0 Å². The minimum atomic E-state index is 0.0955. The molecule has 1 aromatic heterocycles. The zero-order valence-corrected chi connectivity index (χ0v) is 8.55. The third-order valence-electron chi connectivity index (χ3n) is 1.71. The first-order valence-electron chi connectivity index (χ1n) is 4.56. The van der Waals surface area contributed by atoms with Gasteiger partial charge < -0.3 is 15.4 Å². The van der Waals surface area contributed by atoms with Crippen LogP contribution >= 0.6 is 0 Å². The van der Waals surface area contributed by atoms with E-state index in [2.05, 4.69) is 15.3 Å². The van der Waals surface area contributed by atoms with Crippen molar-refractivity contribution in [3.8, 4) is 5.88 Å². The van der Waals surface area contributed by atoms with Gasteiger partial charge in [0.1, 0.15) is 0 Å². The van der Waals surface area contributed by atoms with Crippen LogP contribution in [0.4, 0.5) is 5.95 Å². The van der Waals surface area contributed by atoms with Crippen LogP contribution in [0.1, 0.15) is 39.3 Å². The van der Waals surface area contributed by atoms with Gasteiger partial charge in [-0.2, -0.15) is 4.98 Å². The SMILES string of the molecule is CC(C)Nc1nc(O)c(C(C)C)[nH]1. The van der Waals surface area contributed by atoms with Crippen LogP contribution in [0.2, 0.25) is 0 Å². The largest absolute Gasteiger partial charge is 0.492 e. The van der Waals surface area contributed by atoms with Crippen molar-refractivity contribution < 1.29 is 5.11 Å². The maximum Gasteiger partial charge on any atom is 0.234 e. The minimum absolute atomic E-state index is 0.0955. The molecule has 0 saturated heterocycles. The Labute approximate surface area is 78.4 Å². The van der Waals surface area contributed by atoms with Crippen molar-refractivity contribution >= 4 is 5.95 Å². The van der Waals surface area contributed by atoms with E-state index in [1.165, 1.54) is 0 Å². The van der Waals surface area contributed by atoms with E-state index in [4.69, 9.17) is 0 Å². The molecule has 13 heavy (non-hydrogen) atoms. The molecular weight excluding hydrogens is 166 g/mol. The Morgan fingerprint density at radius 3 is 2.31 bits per heavy atom. The highest BCUT2D eigenvalue weighted by atomic mass is 16.3. The molecule has 1 aromatic rings.